The van der Waals surface area contributed by atoms with Gasteiger partial charge in [0.2, 0.25) is 5.95 Å². The molecule has 2 nitrogen and oxygen atoms in total. The van der Waals surface area contributed by atoms with Crippen molar-refractivity contribution in [1.82, 2.24) is 4.98 Å². The van der Waals surface area contributed by atoms with Crippen LogP contribution in [0.4, 0.5) is 18.9 Å². The second kappa shape index (κ2) is 2.66. The van der Waals surface area contributed by atoms with Crippen molar-refractivity contribution in [2.75, 3.05) is 5.73 Å². The summed E-state index contributed by atoms with van der Waals surface area (Å²) in [5, 5.41) is 0. The van der Waals surface area contributed by atoms with E-state index in [2.05, 4.69) is 4.98 Å². The zero-order valence-corrected chi connectivity index (χ0v) is 6.31. The molecule has 0 aliphatic heterocycles. The molecule has 0 aliphatic rings. The molecule has 0 atom stereocenters. The topological polar surface area (TPSA) is 38.9 Å². The van der Waals surface area contributed by atoms with Gasteiger partial charge in [0, 0.05) is 6.92 Å². The van der Waals surface area contributed by atoms with Crippen LogP contribution in [0, 0.1) is 5.95 Å². The highest BCUT2D eigenvalue weighted by molar-refractivity contribution is 5.38. The van der Waals surface area contributed by atoms with Gasteiger partial charge in [-0.25, -0.2) is 13.8 Å². The Hall–Kier alpha value is -1.26. The van der Waals surface area contributed by atoms with Gasteiger partial charge < -0.3 is 5.73 Å². The molecule has 0 radical (unpaired) electrons. The fraction of sp³-hybridized carbons (Fsp3) is 0.286. The number of aromatic nitrogens is 1. The van der Waals surface area contributed by atoms with Gasteiger partial charge in [-0.3, -0.25) is 0 Å². The van der Waals surface area contributed by atoms with Gasteiger partial charge in [0.1, 0.15) is 0 Å². The van der Waals surface area contributed by atoms with Gasteiger partial charge in [0.25, 0.3) is 5.92 Å². The number of anilines is 1. The number of nitrogens with zero attached hydrogens (tertiary/aromatic N) is 1. The van der Waals surface area contributed by atoms with Crippen molar-refractivity contribution in [3.05, 3.63) is 23.8 Å². The highest BCUT2D eigenvalue weighted by Gasteiger charge is 2.29. The third kappa shape index (κ3) is 1.66. The zero-order chi connectivity index (χ0) is 9.35. The molecule has 0 saturated heterocycles. The second-order valence-corrected chi connectivity index (χ2v) is 2.50. The monoisotopic (exact) mass is 176 g/mol. The first-order chi connectivity index (χ1) is 5.41. The summed E-state index contributed by atoms with van der Waals surface area (Å²) < 4.78 is 37.7. The summed E-state index contributed by atoms with van der Waals surface area (Å²) >= 11 is 0. The Balaban J connectivity index is 3.23. The molecular weight excluding hydrogens is 169 g/mol. The first kappa shape index (κ1) is 8.83. The highest BCUT2D eigenvalue weighted by Crippen LogP contribution is 2.29. The lowest BCUT2D eigenvalue weighted by atomic mass is 10.1. The van der Waals surface area contributed by atoms with Crippen LogP contribution in [0.25, 0.3) is 0 Å². The van der Waals surface area contributed by atoms with Crippen LogP contribution in [0.5, 0.6) is 0 Å². The molecule has 1 aromatic rings. The number of pyridine rings is 1. The standard InChI is InChI=1S/C7H7F3N2/c1-7(9,10)5-2-4(11)3-12-6(5)8/h2-3H,11H2,1H3. The molecule has 0 spiro atoms. The van der Waals surface area contributed by atoms with Crippen molar-refractivity contribution in [1.29, 1.82) is 0 Å². The predicted molar refractivity (Wildman–Crippen MR) is 38.2 cm³/mol. The van der Waals surface area contributed by atoms with Gasteiger partial charge in [0.05, 0.1) is 17.4 Å². The van der Waals surface area contributed by atoms with Gasteiger partial charge in [-0.05, 0) is 6.07 Å². The summed E-state index contributed by atoms with van der Waals surface area (Å²) in [6.07, 6.45) is 0.991. The largest absolute Gasteiger partial charge is 0.397 e. The maximum absolute atomic E-state index is 12.6. The summed E-state index contributed by atoms with van der Waals surface area (Å²) in [6, 6.07) is 0.877. The van der Waals surface area contributed by atoms with Crippen molar-refractivity contribution in [3.63, 3.8) is 0 Å². The van der Waals surface area contributed by atoms with Gasteiger partial charge in [-0.15, -0.1) is 0 Å². The maximum atomic E-state index is 12.6. The summed E-state index contributed by atoms with van der Waals surface area (Å²) in [5.74, 6) is -4.43. The van der Waals surface area contributed by atoms with Crippen LogP contribution in [0.3, 0.4) is 0 Å². The molecule has 5 heteroatoms. The molecular formula is C7H7F3N2. The van der Waals surface area contributed by atoms with Crippen LogP contribution in [0.1, 0.15) is 12.5 Å². The summed E-state index contributed by atoms with van der Waals surface area (Å²) in [4.78, 5) is 3.07. The molecule has 1 heterocycles. The van der Waals surface area contributed by atoms with Crippen molar-refractivity contribution in [2.45, 2.75) is 12.8 Å². The molecule has 0 saturated carbocycles. The summed E-state index contributed by atoms with van der Waals surface area (Å²) in [7, 11) is 0. The predicted octanol–water partition coefficient (Wildman–Crippen LogP) is 1.91. The third-order valence-corrected chi connectivity index (χ3v) is 1.33. The first-order valence-corrected chi connectivity index (χ1v) is 3.20. The minimum Gasteiger partial charge on any atom is -0.397 e. The molecule has 12 heavy (non-hydrogen) atoms. The minimum atomic E-state index is -3.24. The average Bonchev–Trinajstić information content (AvgIpc) is 1.92. The summed E-state index contributed by atoms with van der Waals surface area (Å²) in [5.41, 5.74) is 4.41. The SMILES string of the molecule is CC(F)(F)c1cc(N)cnc1F. The van der Waals surface area contributed by atoms with Crippen LogP contribution >= 0.6 is 0 Å². The number of alkyl halides is 2. The van der Waals surface area contributed by atoms with E-state index in [1.54, 1.807) is 0 Å². The Labute approximate surface area is 67.2 Å². The van der Waals surface area contributed by atoms with Crippen LogP contribution < -0.4 is 5.73 Å². The van der Waals surface area contributed by atoms with E-state index in [4.69, 9.17) is 5.73 Å². The normalized spacial score (nSPS) is 11.7. The van der Waals surface area contributed by atoms with Crippen molar-refractivity contribution >= 4 is 5.69 Å². The number of hydrogen-bond donors (Lipinski definition) is 1. The molecule has 0 bridgehead atoms. The van der Waals surface area contributed by atoms with Crippen molar-refractivity contribution < 1.29 is 13.2 Å². The number of hydrogen-bond acceptors (Lipinski definition) is 2. The Morgan fingerprint density at radius 2 is 2.08 bits per heavy atom. The van der Waals surface area contributed by atoms with Crippen LogP contribution in [-0.2, 0) is 5.92 Å². The van der Waals surface area contributed by atoms with E-state index in [1.165, 1.54) is 0 Å². The lowest BCUT2D eigenvalue weighted by molar-refractivity contribution is 0.0130. The van der Waals surface area contributed by atoms with Crippen LogP contribution in [0.15, 0.2) is 12.3 Å². The van der Waals surface area contributed by atoms with Gasteiger partial charge in [-0.1, -0.05) is 0 Å². The van der Waals surface area contributed by atoms with Crippen molar-refractivity contribution in [3.8, 4) is 0 Å². The molecule has 0 amide bonds. The molecule has 2 N–H and O–H groups in total. The zero-order valence-electron chi connectivity index (χ0n) is 6.31. The Morgan fingerprint density at radius 1 is 1.50 bits per heavy atom. The fourth-order valence-corrected chi connectivity index (χ4v) is 0.772. The average molecular weight is 176 g/mol. The van der Waals surface area contributed by atoms with E-state index >= 15 is 0 Å². The molecule has 66 valence electrons. The van der Waals surface area contributed by atoms with Gasteiger partial charge >= 0.3 is 0 Å². The molecule has 0 unspecified atom stereocenters. The first-order valence-electron chi connectivity index (χ1n) is 3.20. The smallest absolute Gasteiger partial charge is 0.274 e. The number of halogens is 3. The molecule has 1 aromatic heterocycles. The van der Waals surface area contributed by atoms with E-state index in [9.17, 15) is 13.2 Å². The Morgan fingerprint density at radius 3 is 2.50 bits per heavy atom. The van der Waals surface area contributed by atoms with E-state index in [-0.39, 0.29) is 5.69 Å². The number of nitrogens with two attached hydrogens (primary N) is 1. The summed E-state index contributed by atoms with van der Waals surface area (Å²) in [6.45, 7) is 0.590. The molecule has 0 fully saturated rings. The highest BCUT2D eigenvalue weighted by atomic mass is 19.3. The van der Waals surface area contributed by atoms with Crippen molar-refractivity contribution in [2.24, 2.45) is 0 Å². The van der Waals surface area contributed by atoms with E-state index in [0.29, 0.717) is 6.92 Å². The number of rotatable bonds is 1. The molecule has 0 aromatic carbocycles. The quantitative estimate of drug-likeness (QED) is 0.664. The Bertz CT molecular complexity index is 293. The second-order valence-electron chi connectivity index (χ2n) is 2.50. The minimum absolute atomic E-state index is 0.0212. The van der Waals surface area contributed by atoms with Crippen LogP contribution in [0.2, 0.25) is 0 Å². The van der Waals surface area contributed by atoms with E-state index < -0.39 is 17.4 Å². The maximum Gasteiger partial charge on any atom is 0.274 e. The van der Waals surface area contributed by atoms with E-state index in [1.807, 2.05) is 0 Å². The van der Waals surface area contributed by atoms with Gasteiger partial charge in [0.15, 0.2) is 0 Å². The van der Waals surface area contributed by atoms with Crippen LogP contribution in [-0.4, -0.2) is 4.98 Å². The van der Waals surface area contributed by atoms with E-state index in [0.717, 1.165) is 12.3 Å². The molecule has 0 aliphatic carbocycles. The third-order valence-electron chi connectivity index (χ3n) is 1.33. The fourth-order valence-electron chi connectivity index (χ4n) is 0.772. The Kier molecular flexibility index (Phi) is 1.95. The van der Waals surface area contributed by atoms with Gasteiger partial charge in [-0.2, -0.15) is 4.39 Å². The molecule has 1 rings (SSSR count). The lowest BCUT2D eigenvalue weighted by Crippen LogP contribution is -2.11. The number of nitrogen functional groups attached to an aromatic ring is 1. The lowest BCUT2D eigenvalue weighted by Gasteiger charge is -2.10.